The van der Waals surface area contributed by atoms with Gasteiger partial charge in [-0.05, 0) is 39.0 Å². The second-order valence-electron chi connectivity index (χ2n) is 5.41. The lowest BCUT2D eigenvalue weighted by atomic mass is 10.1. The molecule has 7 heteroatoms. The Morgan fingerprint density at radius 3 is 2.32 bits per heavy atom. The lowest BCUT2D eigenvalue weighted by molar-refractivity contribution is -0.0574. The fourth-order valence-corrected chi connectivity index (χ4v) is 1.99. The molecule has 0 aliphatic heterocycles. The van der Waals surface area contributed by atoms with Crippen LogP contribution in [0.15, 0.2) is 34.7 Å². The SMILES string of the molecule is COc1ccccc1/C=C/C(=N/S(=O)C(C)(C)C)C(F)(F)F. The van der Waals surface area contributed by atoms with Crippen LogP contribution in [0.2, 0.25) is 0 Å². The summed E-state index contributed by atoms with van der Waals surface area (Å²) in [6.45, 7) is 4.68. The molecule has 1 aromatic carbocycles. The highest BCUT2D eigenvalue weighted by molar-refractivity contribution is 7.85. The van der Waals surface area contributed by atoms with E-state index in [1.807, 2.05) is 0 Å². The maximum absolute atomic E-state index is 13.0. The van der Waals surface area contributed by atoms with Gasteiger partial charge in [-0.3, -0.25) is 0 Å². The first kappa shape index (κ1) is 18.4. The first-order chi connectivity index (χ1) is 10.1. The van der Waals surface area contributed by atoms with Crippen molar-refractivity contribution in [3.63, 3.8) is 0 Å². The summed E-state index contributed by atoms with van der Waals surface area (Å²) in [5.41, 5.74) is -0.713. The smallest absolute Gasteiger partial charge is 0.434 e. The maximum atomic E-state index is 13.0. The van der Waals surface area contributed by atoms with E-state index < -0.39 is 27.6 Å². The van der Waals surface area contributed by atoms with E-state index in [1.165, 1.54) is 13.2 Å². The second kappa shape index (κ2) is 7.09. The molecule has 0 aliphatic carbocycles. The Hall–Kier alpha value is -1.63. The molecular formula is C15H18F3NO2S. The van der Waals surface area contributed by atoms with Crippen molar-refractivity contribution in [2.45, 2.75) is 31.7 Å². The van der Waals surface area contributed by atoms with Crippen molar-refractivity contribution >= 4 is 22.8 Å². The zero-order chi connectivity index (χ0) is 17.0. The van der Waals surface area contributed by atoms with Crippen molar-refractivity contribution in [3.8, 4) is 5.75 Å². The van der Waals surface area contributed by atoms with Crippen molar-refractivity contribution < 1.29 is 22.1 Å². The van der Waals surface area contributed by atoms with Gasteiger partial charge < -0.3 is 4.74 Å². The Morgan fingerprint density at radius 2 is 1.82 bits per heavy atom. The van der Waals surface area contributed by atoms with Crippen molar-refractivity contribution in [1.82, 2.24) is 0 Å². The van der Waals surface area contributed by atoms with Crippen molar-refractivity contribution in [2.24, 2.45) is 4.40 Å². The normalized spacial score (nSPS) is 15.1. The van der Waals surface area contributed by atoms with Crippen LogP contribution >= 0.6 is 0 Å². The molecule has 1 rings (SSSR count). The van der Waals surface area contributed by atoms with Crippen molar-refractivity contribution in [3.05, 3.63) is 35.9 Å². The topological polar surface area (TPSA) is 38.7 Å². The van der Waals surface area contributed by atoms with Crippen LogP contribution in [0.5, 0.6) is 5.75 Å². The van der Waals surface area contributed by atoms with Crippen LogP contribution in [0.3, 0.4) is 0 Å². The molecule has 0 N–H and O–H groups in total. The van der Waals surface area contributed by atoms with Gasteiger partial charge in [0.05, 0.1) is 11.9 Å². The molecule has 0 saturated carbocycles. The number of ether oxygens (including phenoxy) is 1. The molecule has 0 heterocycles. The van der Waals surface area contributed by atoms with Crippen LogP contribution in [0.1, 0.15) is 26.3 Å². The molecular weight excluding hydrogens is 315 g/mol. The molecule has 1 aromatic rings. The Balaban J connectivity index is 3.18. The van der Waals surface area contributed by atoms with Gasteiger partial charge in [0.2, 0.25) is 0 Å². The third-order valence-electron chi connectivity index (χ3n) is 2.56. The van der Waals surface area contributed by atoms with Crippen LogP contribution in [-0.2, 0) is 11.0 Å². The minimum Gasteiger partial charge on any atom is -0.496 e. The number of rotatable bonds is 4. The van der Waals surface area contributed by atoms with Crippen LogP contribution in [0.4, 0.5) is 13.2 Å². The van der Waals surface area contributed by atoms with E-state index in [-0.39, 0.29) is 0 Å². The fourth-order valence-electron chi connectivity index (χ4n) is 1.38. The Labute approximate surface area is 130 Å². The molecule has 3 nitrogen and oxygen atoms in total. The van der Waals surface area contributed by atoms with Gasteiger partial charge in [-0.15, -0.1) is 0 Å². The molecule has 1 atom stereocenters. The number of hydrogen-bond donors (Lipinski definition) is 0. The lowest BCUT2D eigenvalue weighted by Crippen LogP contribution is -2.26. The summed E-state index contributed by atoms with van der Waals surface area (Å²) in [4.78, 5) is 0. The predicted octanol–water partition coefficient (Wildman–Crippen LogP) is 4.17. The molecule has 1 unspecified atom stereocenters. The summed E-state index contributed by atoms with van der Waals surface area (Å²) in [7, 11) is -0.563. The standard InChI is InChI=1S/C15H18F3NO2S/c1-14(2,3)22(20)19-13(15(16,17)18)10-9-11-7-5-6-8-12(11)21-4/h5-10H,1-4H3/b10-9+,19-13-. The van der Waals surface area contributed by atoms with Gasteiger partial charge in [-0.1, -0.05) is 18.2 Å². The molecule has 0 aromatic heterocycles. The van der Waals surface area contributed by atoms with Crippen LogP contribution in [0, 0.1) is 0 Å². The highest BCUT2D eigenvalue weighted by Crippen LogP contribution is 2.24. The monoisotopic (exact) mass is 333 g/mol. The summed E-state index contributed by atoms with van der Waals surface area (Å²) >= 11 is 0. The van der Waals surface area contributed by atoms with Gasteiger partial charge in [-0.25, -0.2) is 4.21 Å². The highest BCUT2D eigenvalue weighted by atomic mass is 32.2. The third kappa shape index (κ3) is 5.29. The summed E-state index contributed by atoms with van der Waals surface area (Å²) in [6.07, 6.45) is -2.63. The summed E-state index contributed by atoms with van der Waals surface area (Å²) in [5.74, 6) is 0.442. The average molecular weight is 333 g/mol. The number of alkyl halides is 3. The number of hydrogen-bond acceptors (Lipinski definition) is 2. The number of nitrogens with zero attached hydrogens (tertiary/aromatic N) is 1. The quantitative estimate of drug-likeness (QED) is 0.776. The minimum atomic E-state index is -4.68. The zero-order valence-corrected chi connectivity index (χ0v) is 13.6. The largest absolute Gasteiger partial charge is 0.496 e. The van der Waals surface area contributed by atoms with E-state index in [2.05, 4.69) is 4.40 Å². The molecule has 122 valence electrons. The van der Waals surface area contributed by atoms with Gasteiger partial charge >= 0.3 is 6.18 Å². The number of benzene rings is 1. The van der Waals surface area contributed by atoms with Gasteiger partial charge in [0, 0.05) is 5.56 Å². The van der Waals surface area contributed by atoms with E-state index in [1.54, 1.807) is 45.0 Å². The molecule has 0 bridgehead atoms. The minimum absolute atomic E-state index is 0.442. The summed E-state index contributed by atoms with van der Waals surface area (Å²) in [6, 6.07) is 6.64. The molecule has 0 radical (unpaired) electrons. The molecule has 0 spiro atoms. The predicted molar refractivity (Wildman–Crippen MR) is 83.4 cm³/mol. The van der Waals surface area contributed by atoms with Gasteiger partial charge in [0.1, 0.15) is 16.7 Å². The molecule has 0 aliphatic rings. The van der Waals surface area contributed by atoms with E-state index in [0.29, 0.717) is 11.3 Å². The lowest BCUT2D eigenvalue weighted by Gasteiger charge is -2.15. The van der Waals surface area contributed by atoms with E-state index in [4.69, 9.17) is 4.74 Å². The van der Waals surface area contributed by atoms with Gasteiger partial charge in [-0.2, -0.15) is 17.6 Å². The summed E-state index contributed by atoms with van der Waals surface area (Å²) < 4.78 is 58.4. The zero-order valence-electron chi connectivity index (χ0n) is 12.8. The number of halogens is 3. The van der Waals surface area contributed by atoms with Crippen LogP contribution in [-0.4, -0.2) is 28.0 Å². The first-order valence-corrected chi connectivity index (χ1v) is 7.55. The Morgan fingerprint density at radius 1 is 1.23 bits per heavy atom. The number of methoxy groups -OCH3 is 1. The third-order valence-corrected chi connectivity index (χ3v) is 3.97. The molecule has 0 fully saturated rings. The Kier molecular flexibility index (Phi) is 5.93. The van der Waals surface area contributed by atoms with Crippen LogP contribution < -0.4 is 4.74 Å². The molecule has 0 saturated heterocycles. The summed E-state index contributed by atoms with van der Waals surface area (Å²) in [5, 5.41) is 0. The molecule has 22 heavy (non-hydrogen) atoms. The van der Waals surface area contributed by atoms with Crippen molar-refractivity contribution in [2.75, 3.05) is 7.11 Å². The maximum Gasteiger partial charge on any atom is 0.434 e. The fraction of sp³-hybridized carbons (Fsp3) is 0.400. The Bertz CT molecular complexity index is 602. The van der Waals surface area contributed by atoms with E-state index in [9.17, 15) is 17.4 Å². The van der Waals surface area contributed by atoms with Crippen molar-refractivity contribution in [1.29, 1.82) is 0 Å². The average Bonchev–Trinajstić information content (AvgIpc) is 2.41. The van der Waals surface area contributed by atoms with E-state index >= 15 is 0 Å². The van der Waals surface area contributed by atoms with E-state index in [0.717, 1.165) is 6.08 Å². The first-order valence-electron chi connectivity index (χ1n) is 6.44. The van der Waals surface area contributed by atoms with Gasteiger partial charge in [0.25, 0.3) is 0 Å². The second-order valence-corrected chi connectivity index (χ2v) is 7.32. The van der Waals surface area contributed by atoms with Crippen LogP contribution in [0.25, 0.3) is 6.08 Å². The number of para-hydroxylation sites is 1. The van der Waals surface area contributed by atoms with Gasteiger partial charge in [0.15, 0.2) is 5.71 Å². The molecule has 0 amide bonds. The highest BCUT2D eigenvalue weighted by Gasteiger charge is 2.35. The number of allylic oxidation sites excluding steroid dienone is 1.